The maximum absolute atomic E-state index is 11.2. The number of aldehydes is 1. The van der Waals surface area contributed by atoms with Gasteiger partial charge in [-0.05, 0) is 63.2 Å². The van der Waals surface area contributed by atoms with Crippen LogP contribution in [0.4, 0.5) is 0 Å². The molecule has 0 aromatic rings. The van der Waals surface area contributed by atoms with Gasteiger partial charge in [-0.2, -0.15) is 0 Å². The average molecular weight is 1310 g/mol. The molecular formula is C71H122O21. The average Bonchev–Trinajstić information content (AvgIpc) is 1.66. The molecule has 6 saturated heterocycles. The van der Waals surface area contributed by atoms with E-state index < -0.39 is 63.5 Å². The zero-order valence-electron chi connectivity index (χ0n) is 59.6. The number of carbonyl (C=O) groups excluding carboxylic acids is 1. The minimum absolute atomic E-state index is 0.0124. The molecule has 6 heterocycles. The molecule has 21 nitrogen and oxygen atoms in total. The van der Waals surface area contributed by atoms with Crippen LogP contribution in [0.2, 0.25) is 0 Å². The van der Waals surface area contributed by atoms with Crippen molar-refractivity contribution >= 4 is 24.2 Å². The van der Waals surface area contributed by atoms with Crippen LogP contribution in [0.25, 0.3) is 0 Å². The second-order valence-electron chi connectivity index (χ2n) is 36.5. The van der Waals surface area contributed by atoms with E-state index in [2.05, 4.69) is 96.9 Å². The van der Waals surface area contributed by atoms with Gasteiger partial charge in [-0.25, -0.2) is 0 Å². The molecule has 6 atom stereocenters. The summed E-state index contributed by atoms with van der Waals surface area (Å²) < 4.78 is 70.0. The number of rotatable bonds is 6. The van der Waals surface area contributed by atoms with E-state index >= 15 is 0 Å². The Morgan fingerprint density at radius 2 is 0.587 bits per heavy atom. The van der Waals surface area contributed by atoms with Gasteiger partial charge in [-0.1, -0.05) is 104 Å². The molecule has 532 valence electrons. The first kappa shape index (κ1) is 76.9. The van der Waals surface area contributed by atoms with Crippen LogP contribution in [0.15, 0.2) is 0 Å². The molecule has 0 radical (unpaired) electrons. The van der Waals surface area contributed by atoms with Gasteiger partial charge in [0.15, 0.2) is 34.7 Å². The molecule has 6 aliphatic heterocycles. The maximum atomic E-state index is 11.2. The smallest absolute Gasteiger partial charge is 0.309 e. The number of carboxylic acids is 3. The Kier molecular flexibility index (Phi) is 23.1. The van der Waals surface area contributed by atoms with Gasteiger partial charge in [-0.15, -0.1) is 0 Å². The molecule has 12 fully saturated rings. The second kappa shape index (κ2) is 27.7. The molecule has 0 amide bonds. The fourth-order valence-corrected chi connectivity index (χ4v) is 14.2. The molecule has 12 rings (SSSR count). The summed E-state index contributed by atoms with van der Waals surface area (Å²) in [5, 5.41) is 45.9. The molecule has 92 heavy (non-hydrogen) atoms. The summed E-state index contributed by atoms with van der Waals surface area (Å²) in [7, 11) is 0. The zero-order chi connectivity index (χ0) is 68.6. The van der Waals surface area contributed by atoms with Gasteiger partial charge in [-0.3, -0.25) is 14.4 Å². The van der Waals surface area contributed by atoms with Crippen LogP contribution < -0.4 is 0 Å². The summed E-state index contributed by atoms with van der Waals surface area (Å²) in [4.78, 5) is 44.1. The quantitative estimate of drug-likeness (QED) is 0.155. The molecule has 6 unspecified atom stereocenters. The summed E-state index contributed by atoms with van der Waals surface area (Å²) >= 11 is 0. The first-order valence-electron chi connectivity index (χ1n) is 34.2. The molecule has 12 aliphatic rings. The predicted octanol–water partition coefficient (Wildman–Crippen LogP) is 11.7. The topological polar surface area (TPSA) is 280 Å². The minimum atomic E-state index is -0.749. The lowest BCUT2D eigenvalue weighted by Crippen LogP contribution is -2.46. The van der Waals surface area contributed by atoms with E-state index in [9.17, 15) is 39.6 Å². The highest BCUT2D eigenvalue weighted by Crippen LogP contribution is 2.54. The number of hydrogen-bond donors (Lipinski definition) is 5. The van der Waals surface area contributed by atoms with Crippen LogP contribution in [0.1, 0.15) is 233 Å². The van der Waals surface area contributed by atoms with E-state index in [1.54, 1.807) is 13.8 Å². The van der Waals surface area contributed by atoms with Gasteiger partial charge >= 0.3 is 17.9 Å². The Morgan fingerprint density at radius 1 is 0.337 bits per heavy atom. The third kappa shape index (κ3) is 19.7. The van der Waals surface area contributed by atoms with Gasteiger partial charge < -0.3 is 87.2 Å². The summed E-state index contributed by atoms with van der Waals surface area (Å²) in [5.41, 5.74) is -1.18. The lowest BCUT2D eigenvalue weighted by atomic mass is 9.88. The summed E-state index contributed by atoms with van der Waals surface area (Å²) in [6, 6.07) is 0. The van der Waals surface area contributed by atoms with Gasteiger partial charge in [0.05, 0.1) is 96.0 Å². The Balaban J connectivity index is 0.000000157. The van der Waals surface area contributed by atoms with Crippen molar-refractivity contribution in [1.29, 1.82) is 0 Å². The van der Waals surface area contributed by atoms with E-state index in [0.717, 1.165) is 97.3 Å². The molecule has 5 N–H and O–H groups in total. The van der Waals surface area contributed by atoms with Crippen molar-refractivity contribution in [1.82, 2.24) is 0 Å². The summed E-state index contributed by atoms with van der Waals surface area (Å²) in [5.74, 6) is -5.66. The van der Waals surface area contributed by atoms with E-state index in [1.807, 2.05) is 6.92 Å². The van der Waals surface area contributed by atoms with Crippen LogP contribution in [-0.2, 0) is 76.0 Å². The fourth-order valence-electron chi connectivity index (χ4n) is 14.2. The van der Waals surface area contributed by atoms with Crippen molar-refractivity contribution in [2.24, 2.45) is 65.5 Å². The van der Waals surface area contributed by atoms with Crippen molar-refractivity contribution in [3.8, 4) is 0 Å². The molecule has 6 spiro atoms. The Bertz CT molecular complexity index is 2370. The maximum Gasteiger partial charge on any atom is 0.309 e. The predicted molar refractivity (Wildman–Crippen MR) is 341 cm³/mol. The molecule has 0 aromatic heterocycles. The first-order chi connectivity index (χ1) is 42.1. The van der Waals surface area contributed by atoms with Crippen molar-refractivity contribution in [3.63, 3.8) is 0 Å². The second-order valence-corrected chi connectivity index (χ2v) is 36.5. The van der Waals surface area contributed by atoms with E-state index in [4.69, 9.17) is 61.9 Å². The number of ether oxygens (including phenoxy) is 12. The summed E-state index contributed by atoms with van der Waals surface area (Å²) in [6.07, 6.45) is 14.4. The van der Waals surface area contributed by atoms with E-state index in [1.165, 1.54) is 0 Å². The number of aliphatic hydroxyl groups is 2. The molecule has 6 aliphatic carbocycles. The van der Waals surface area contributed by atoms with Crippen molar-refractivity contribution < 1.29 is 102 Å². The van der Waals surface area contributed by atoms with Crippen LogP contribution in [0.5, 0.6) is 0 Å². The molecule has 0 aromatic carbocycles. The van der Waals surface area contributed by atoms with Crippen molar-refractivity contribution in [3.05, 3.63) is 0 Å². The number of carboxylic acid groups (broad SMARTS) is 3. The molecule has 0 bridgehead atoms. The van der Waals surface area contributed by atoms with Crippen LogP contribution in [0, 0.1) is 65.5 Å². The van der Waals surface area contributed by atoms with Crippen molar-refractivity contribution in [2.75, 3.05) is 92.5 Å². The monoisotopic (exact) mass is 1310 g/mol. The standard InChI is InChI=1S/2C12H20O4.2C12H22O3.C12H20O3.C11H18O4/c2*1-10(2)7-15-12(16-8-10)5-4-11(3,6-12)9(13)14;3*1-10(2)8-14-12(15-9-10)5-4-11(3,6-12)7-13;1-10(2)6-14-11(15-7-10)4-3-8(5-11)9(12)13/h2*4-8H2,1-3H3,(H,13,14);2*13H,4-9H2,1-3H3;7H,4-6,8-9H2,1-3H3;8H,3-7H2,1-2H3,(H,12,13). The van der Waals surface area contributed by atoms with Crippen LogP contribution >= 0.6 is 0 Å². The highest BCUT2D eigenvalue weighted by atomic mass is 16.7. The first-order valence-corrected chi connectivity index (χ1v) is 34.2. The third-order valence-electron chi connectivity index (χ3n) is 21.4. The minimum Gasteiger partial charge on any atom is -0.481 e. The van der Waals surface area contributed by atoms with Gasteiger partial charge in [0, 0.05) is 128 Å². The lowest BCUT2D eigenvalue weighted by molar-refractivity contribution is -0.298. The normalized spacial score (nSPS) is 36.8. The Hall–Kier alpha value is -2.48. The van der Waals surface area contributed by atoms with Crippen LogP contribution in [-0.4, -0.2) is 177 Å². The van der Waals surface area contributed by atoms with Crippen LogP contribution in [0.3, 0.4) is 0 Å². The van der Waals surface area contributed by atoms with Gasteiger partial charge in [0.25, 0.3) is 0 Å². The molecule has 6 saturated carbocycles. The van der Waals surface area contributed by atoms with E-state index in [0.29, 0.717) is 104 Å². The number of aliphatic carboxylic acids is 3. The number of hydrogen-bond acceptors (Lipinski definition) is 18. The highest BCUT2D eigenvalue weighted by molar-refractivity contribution is 5.75. The SMILES string of the molecule is CC1(C)COC2(CCC(C(=O)O)C2)OC1.CC1(C)COC2(CCC(C)(C(=O)O)C2)OC1.CC1(C)COC2(CCC(C)(C(=O)O)C2)OC1.CC1(C)COC2(CCC(C)(C=O)C2)OC1.CC1(C)COC2(CCC(C)(CO)C2)OC1.CC1(C)COC2(CCC(C)(CO)C2)OC1. The van der Waals surface area contributed by atoms with Gasteiger partial charge in [0.1, 0.15) is 6.29 Å². The highest BCUT2D eigenvalue weighted by Gasteiger charge is 2.58. The number of aliphatic hydroxyl groups excluding tert-OH is 2. The fraction of sp³-hybridized carbons (Fsp3) is 0.944. The zero-order valence-corrected chi connectivity index (χ0v) is 59.6. The molecule has 21 heteroatoms. The Morgan fingerprint density at radius 3 is 0.804 bits per heavy atom. The molecular weight excluding hydrogens is 1190 g/mol. The number of carbonyl (C=O) groups is 4. The summed E-state index contributed by atoms with van der Waals surface area (Å²) in [6.45, 7) is 44.0. The van der Waals surface area contributed by atoms with Crippen molar-refractivity contribution in [2.45, 2.75) is 268 Å². The van der Waals surface area contributed by atoms with E-state index in [-0.39, 0.29) is 67.9 Å². The lowest BCUT2D eigenvalue weighted by Gasteiger charge is -2.42. The third-order valence-corrected chi connectivity index (χ3v) is 21.4. The van der Waals surface area contributed by atoms with Gasteiger partial charge in [0.2, 0.25) is 0 Å². The largest absolute Gasteiger partial charge is 0.481 e. The Labute approximate surface area is 549 Å².